The number of amides is 1. The lowest BCUT2D eigenvalue weighted by Crippen LogP contribution is -2.36. The van der Waals surface area contributed by atoms with Crippen LogP contribution in [0.3, 0.4) is 0 Å². The van der Waals surface area contributed by atoms with Gasteiger partial charge in [-0.1, -0.05) is 91.2 Å². The van der Waals surface area contributed by atoms with Crippen LogP contribution in [0.4, 0.5) is 14.9 Å². The number of nitrogen functional groups attached to an aromatic ring is 1. The molecule has 0 aliphatic carbocycles. The van der Waals surface area contributed by atoms with Gasteiger partial charge in [0.25, 0.3) is 0 Å². The third kappa shape index (κ3) is 7.61. The van der Waals surface area contributed by atoms with Crippen molar-refractivity contribution in [1.82, 2.24) is 4.90 Å². The molecular weight excluding hydrogens is 499 g/mol. The van der Waals surface area contributed by atoms with Gasteiger partial charge in [-0.05, 0) is 66.5 Å². The number of likely N-dealkylation sites (tertiary alicyclic amines) is 1. The minimum Gasteiger partial charge on any atom is -0.449 e. The molecule has 1 fully saturated rings. The van der Waals surface area contributed by atoms with E-state index < -0.39 is 0 Å². The Morgan fingerprint density at radius 1 is 1.08 bits per heavy atom. The number of ether oxygens (including phenoxy) is 1. The molecular formula is C32H36ClFN2O2. The van der Waals surface area contributed by atoms with Crippen molar-refractivity contribution in [3.63, 3.8) is 0 Å². The average Bonchev–Trinajstić information content (AvgIpc) is 2.90. The van der Waals surface area contributed by atoms with Crippen LogP contribution in [0.25, 0.3) is 6.08 Å². The zero-order chi connectivity index (χ0) is 26.9. The Labute approximate surface area is 230 Å². The van der Waals surface area contributed by atoms with Gasteiger partial charge in [0.15, 0.2) is 0 Å². The van der Waals surface area contributed by atoms with Crippen molar-refractivity contribution in [2.75, 3.05) is 25.4 Å². The molecule has 0 saturated carbocycles. The van der Waals surface area contributed by atoms with Crippen molar-refractivity contribution < 1.29 is 13.9 Å². The monoisotopic (exact) mass is 534 g/mol. The summed E-state index contributed by atoms with van der Waals surface area (Å²) in [5, 5.41) is 0.500. The summed E-state index contributed by atoms with van der Waals surface area (Å²) in [6, 6.07) is 22.6. The fourth-order valence-electron chi connectivity index (χ4n) is 5.00. The molecule has 0 bridgehead atoms. The van der Waals surface area contributed by atoms with Crippen LogP contribution in [0, 0.1) is 11.7 Å². The van der Waals surface area contributed by atoms with Gasteiger partial charge < -0.3 is 15.4 Å². The Morgan fingerprint density at radius 2 is 1.84 bits per heavy atom. The van der Waals surface area contributed by atoms with Crippen molar-refractivity contribution in [2.45, 2.75) is 44.9 Å². The highest BCUT2D eigenvalue weighted by atomic mass is 35.5. The Bertz CT molecular complexity index is 1250. The molecule has 38 heavy (non-hydrogen) atoms. The lowest BCUT2D eigenvalue weighted by molar-refractivity contribution is 0.0929. The van der Waals surface area contributed by atoms with Crippen LogP contribution in [0.2, 0.25) is 5.02 Å². The molecule has 1 saturated heterocycles. The minimum absolute atomic E-state index is 0.129. The summed E-state index contributed by atoms with van der Waals surface area (Å²) in [5.41, 5.74) is 10.3. The summed E-state index contributed by atoms with van der Waals surface area (Å²) in [4.78, 5) is 14.8. The molecule has 0 spiro atoms. The van der Waals surface area contributed by atoms with E-state index in [1.165, 1.54) is 6.07 Å². The first-order valence-corrected chi connectivity index (χ1v) is 13.7. The van der Waals surface area contributed by atoms with Gasteiger partial charge in [-0.2, -0.15) is 0 Å². The first kappa shape index (κ1) is 27.7. The van der Waals surface area contributed by atoms with Gasteiger partial charge in [-0.3, -0.25) is 0 Å². The van der Waals surface area contributed by atoms with Crippen LogP contribution in [0.1, 0.15) is 55.2 Å². The first-order valence-electron chi connectivity index (χ1n) is 13.4. The number of hydrogen-bond acceptors (Lipinski definition) is 3. The molecule has 1 heterocycles. The van der Waals surface area contributed by atoms with E-state index in [0.29, 0.717) is 42.4 Å². The third-order valence-corrected chi connectivity index (χ3v) is 7.64. The number of nitrogens with zero attached hydrogens (tertiary/aromatic N) is 1. The van der Waals surface area contributed by atoms with Crippen molar-refractivity contribution in [2.24, 2.45) is 5.92 Å². The Kier molecular flexibility index (Phi) is 9.83. The highest BCUT2D eigenvalue weighted by Gasteiger charge is 2.24. The fourth-order valence-corrected chi connectivity index (χ4v) is 5.19. The van der Waals surface area contributed by atoms with E-state index >= 15 is 0 Å². The molecule has 1 aliphatic heterocycles. The molecule has 0 radical (unpaired) electrons. The molecule has 2 unspecified atom stereocenters. The van der Waals surface area contributed by atoms with Crippen LogP contribution >= 0.6 is 11.6 Å². The summed E-state index contributed by atoms with van der Waals surface area (Å²) < 4.78 is 20.3. The normalized spacial score (nSPS) is 17.4. The number of rotatable bonds is 7. The largest absolute Gasteiger partial charge is 0.449 e. The lowest BCUT2D eigenvalue weighted by atomic mass is 9.84. The molecule has 200 valence electrons. The predicted molar refractivity (Wildman–Crippen MR) is 154 cm³/mol. The Morgan fingerprint density at radius 3 is 2.61 bits per heavy atom. The van der Waals surface area contributed by atoms with Gasteiger partial charge in [0, 0.05) is 19.0 Å². The quantitative estimate of drug-likeness (QED) is 0.311. The number of carbonyl (C=O) groups is 1. The third-order valence-electron chi connectivity index (χ3n) is 7.32. The zero-order valence-electron chi connectivity index (χ0n) is 21.9. The van der Waals surface area contributed by atoms with Crippen molar-refractivity contribution in [3.8, 4) is 0 Å². The number of allylic oxidation sites excluding steroid dienone is 1. The van der Waals surface area contributed by atoms with Crippen molar-refractivity contribution in [3.05, 3.63) is 106 Å². The molecule has 0 aromatic heterocycles. The number of anilines is 1. The van der Waals surface area contributed by atoms with E-state index in [1.54, 1.807) is 12.1 Å². The summed E-state index contributed by atoms with van der Waals surface area (Å²) in [6.45, 7) is 3.69. The van der Waals surface area contributed by atoms with Gasteiger partial charge in [-0.25, -0.2) is 9.18 Å². The second-order valence-corrected chi connectivity index (χ2v) is 10.5. The van der Waals surface area contributed by atoms with E-state index in [-0.39, 0.29) is 23.7 Å². The smallest absolute Gasteiger partial charge is 0.409 e. The van der Waals surface area contributed by atoms with Crippen LogP contribution in [0.5, 0.6) is 0 Å². The standard InChI is InChI=1S/C32H36ClFN2O2/c1-23(25-9-3-2-4-10-25)22-38-32(37)36-17-8-7-11-26(16-18-36)28(21-27-12-5-6-13-30(27)34)19-24-14-15-31(35)29(33)20-24/h2-6,9-10,12-15,19-20,23,26H,7-8,11,16-18,21-22,35H2,1H3/b28-19+. The topological polar surface area (TPSA) is 55.6 Å². The number of nitrogens with two attached hydrogens (primary N) is 1. The number of benzene rings is 3. The number of hydrogen-bond donors (Lipinski definition) is 1. The van der Waals surface area contributed by atoms with Gasteiger partial charge in [-0.15, -0.1) is 0 Å². The fraction of sp³-hybridized carbons (Fsp3) is 0.344. The summed E-state index contributed by atoms with van der Waals surface area (Å²) in [5.74, 6) is 0.117. The molecule has 3 aromatic carbocycles. The molecule has 2 N–H and O–H groups in total. The van der Waals surface area contributed by atoms with Crippen LogP contribution in [0.15, 0.2) is 78.4 Å². The Hall–Kier alpha value is -3.31. The van der Waals surface area contributed by atoms with Gasteiger partial charge in [0.1, 0.15) is 5.82 Å². The van der Waals surface area contributed by atoms with Crippen LogP contribution < -0.4 is 5.73 Å². The van der Waals surface area contributed by atoms with E-state index in [9.17, 15) is 9.18 Å². The molecule has 4 rings (SSSR count). The molecule has 4 nitrogen and oxygen atoms in total. The van der Waals surface area contributed by atoms with Gasteiger partial charge in [0.2, 0.25) is 0 Å². The van der Waals surface area contributed by atoms with E-state index in [2.05, 4.69) is 25.1 Å². The predicted octanol–water partition coefficient (Wildman–Crippen LogP) is 8.12. The maximum absolute atomic E-state index is 14.6. The van der Waals surface area contributed by atoms with E-state index in [4.69, 9.17) is 22.1 Å². The second-order valence-electron chi connectivity index (χ2n) is 10.1. The minimum atomic E-state index is -0.265. The highest BCUT2D eigenvalue weighted by molar-refractivity contribution is 6.33. The lowest BCUT2D eigenvalue weighted by Gasteiger charge is -2.30. The SMILES string of the molecule is CC(COC(=O)N1CCCCC(/C(=C/c2ccc(N)c(Cl)c2)Cc2ccccc2F)CC1)c1ccccc1. The van der Waals surface area contributed by atoms with Crippen molar-refractivity contribution in [1.29, 1.82) is 0 Å². The zero-order valence-corrected chi connectivity index (χ0v) is 22.7. The van der Waals surface area contributed by atoms with Gasteiger partial charge >= 0.3 is 6.09 Å². The van der Waals surface area contributed by atoms with Gasteiger partial charge in [0.05, 0.1) is 17.3 Å². The highest BCUT2D eigenvalue weighted by Crippen LogP contribution is 2.31. The molecule has 6 heteroatoms. The second kappa shape index (κ2) is 13.5. The molecule has 2 atom stereocenters. The summed E-state index contributed by atoms with van der Waals surface area (Å²) >= 11 is 6.29. The summed E-state index contributed by atoms with van der Waals surface area (Å²) in [7, 11) is 0. The van der Waals surface area contributed by atoms with Crippen LogP contribution in [-0.4, -0.2) is 30.7 Å². The molecule has 1 amide bonds. The number of halogens is 2. The first-order chi connectivity index (χ1) is 18.4. The summed E-state index contributed by atoms with van der Waals surface area (Å²) in [6.07, 6.45) is 5.99. The van der Waals surface area contributed by atoms with E-state index in [0.717, 1.165) is 42.4 Å². The molecule has 1 aliphatic rings. The Balaban J connectivity index is 1.47. The molecule has 3 aromatic rings. The van der Waals surface area contributed by atoms with E-state index in [1.807, 2.05) is 47.4 Å². The van der Waals surface area contributed by atoms with Crippen molar-refractivity contribution >= 4 is 29.5 Å². The van der Waals surface area contributed by atoms with Crippen LogP contribution in [-0.2, 0) is 11.2 Å². The number of carbonyl (C=O) groups excluding carboxylic acids is 1. The maximum Gasteiger partial charge on any atom is 0.409 e. The maximum atomic E-state index is 14.6. The average molecular weight is 535 g/mol.